The van der Waals surface area contributed by atoms with E-state index in [-0.39, 0.29) is 5.54 Å². The predicted octanol–water partition coefficient (Wildman–Crippen LogP) is 5.03. The van der Waals surface area contributed by atoms with Crippen LogP contribution in [0.25, 0.3) is 0 Å². The molecule has 1 aliphatic carbocycles. The standard InChI is InChI=1S/C17H30N2S/c1-4-7-15-8-6-10-17(11-9-15,18-12-5-2)16-19-14(3)13-20-16/h13,15,18H,4-12H2,1-3H3. The molecule has 20 heavy (non-hydrogen) atoms. The molecule has 0 radical (unpaired) electrons. The van der Waals surface area contributed by atoms with Crippen molar-refractivity contribution in [3.8, 4) is 0 Å². The molecule has 0 bridgehead atoms. The molecule has 1 aliphatic rings. The smallest absolute Gasteiger partial charge is 0.113 e. The van der Waals surface area contributed by atoms with Crippen molar-refractivity contribution in [3.63, 3.8) is 0 Å². The lowest BCUT2D eigenvalue weighted by atomic mass is 9.89. The fourth-order valence-electron chi connectivity index (χ4n) is 3.51. The average Bonchev–Trinajstić information content (AvgIpc) is 2.78. The quantitative estimate of drug-likeness (QED) is 0.745. The first kappa shape index (κ1) is 16.0. The summed E-state index contributed by atoms with van der Waals surface area (Å²) in [4.78, 5) is 4.83. The zero-order valence-electron chi connectivity index (χ0n) is 13.4. The van der Waals surface area contributed by atoms with Crippen molar-refractivity contribution in [2.24, 2.45) is 5.92 Å². The van der Waals surface area contributed by atoms with Gasteiger partial charge in [-0.3, -0.25) is 0 Å². The second-order valence-electron chi connectivity index (χ2n) is 6.39. The maximum absolute atomic E-state index is 4.83. The van der Waals surface area contributed by atoms with Gasteiger partial charge in [-0.2, -0.15) is 0 Å². The van der Waals surface area contributed by atoms with Crippen molar-refractivity contribution in [3.05, 3.63) is 16.1 Å². The third-order valence-corrected chi connectivity index (χ3v) is 5.80. The van der Waals surface area contributed by atoms with E-state index in [4.69, 9.17) is 4.98 Å². The van der Waals surface area contributed by atoms with E-state index in [0.29, 0.717) is 0 Å². The van der Waals surface area contributed by atoms with Crippen LogP contribution < -0.4 is 5.32 Å². The zero-order chi connectivity index (χ0) is 14.4. The van der Waals surface area contributed by atoms with Crippen molar-refractivity contribution >= 4 is 11.3 Å². The minimum Gasteiger partial charge on any atom is -0.305 e. The van der Waals surface area contributed by atoms with Gasteiger partial charge in [-0.1, -0.05) is 39.5 Å². The fraction of sp³-hybridized carbons (Fsp3) is 0.824. The normalized spacial score (nSPS) is 27.4. The van der Waals surface area contributed by atoms with Gasteiger partial charge in [0.15, 0.2) is 0 Å². The number of nitrogens with zero attached hydrogens (tertiary/aromatic N) is 1. The van der Waals surface area contributed by atoms with Crippen LogP contribution in [0.15, 0.2) is 5.38 Å². The molecule has 2 nitrogen and oxygen atoms in total. The van der Waals surface area contributed by atoms with E-state index in [1.54, 1.807) is 0 Å². The van der Waals surface area contributed by atoms with E-state index in [9.17, 15) is 0 Å². The van der Waals surface area contributed by atoms with Crippen molar-refractivity contribution in [1.29, 1.82) is 0 Å². The number of hydrogen-bond donors (Lipinski definition) is 1. The van der Waals surface area contributed by atoms with Gasteiger partial charge in [-0.15, -0.1) is 11.3 Å². The molecule has 2 unspecified atom stereocenters. The van der Waals surface area contributed by atoms with E-state index < -0.39 is 0 Å². The van der Waals surface area contributed by atoms with E-state index in [1.165, 1.54) is 62.1 Å². The van der Waals surface area contributed by atoms with Gasteiger partial charge < -0.3 is 5.32 Å². The van der Waals surface area contributed by atoms with Gasteiger partial charge in [-0.05, 0) is 45.1 Å². The van der Waals surface area contributed by atoms with Gasteiger partial charge in [0.05, 0.1) is 5.54 Å². The predicted molar refractivity (Wildman–Crippen MR) is 88.3 cm³/mol. The Morgan fingerprint density at radius 1 is 1.30 bits per heavy atom. The van der Waals surface area contributed by atoms with Crippen LogP contribution in [-0.2, 0) is 5.54 Å². The van der Waals surface area contributed by atoms with E-state index in [1.807, 2.05) is 11.3 Å². The largest absolute Gasteiger partial charge is 0.305 e. The molecular weight excluding hydrogens is 264 g/mol. The first-order valence-corrected chi connectivity index (χ1v) is 9.25. The van der Waals surface area contributed by atoms with Crippen molar-refractivity contribution in [2.75, 3.05) is 6.54 Å². The maximum atomic E-state index is 4.83. The first-order valence-electron chi connectivity index (χ1n) is 8.38. The number of aromatic nitrogens is 1. The molecule has 1 aromatic rings. The Kier molecular flexibility index (Phi) is 6.03. The highest BCUT2D eigenvalue weighted by Crippen LogP contribution is 2.40. The summed E-state index contributed by atoms with van der Waals surface area (Å²) in [5, 5.41) is 7.41. The van der Waals surface area contributed by atoms with Gasteiger partial charge in [0.2, 0.25) is 0 Å². The molecule has 2 rings (SSSR count). The van der Waals surface area contributed by atoms with Crippen LogP contribution >= 0.6 is 11.3 Å². The third kappa shape index (κ3) is 3.82. The minimum atomic E-state index is 0.164. The Labute approximate surface area is 128 Å². The molecule has 114 valence electrons. The molecule has 1 N–H and O–H groups in total. The molecule has 3 heteroatoms. The molecule has 1 fully saturated rings. The SMILES string of the molecule is CCCNC1(c2nc(C)cs2)CCCC(CCC)CC1. The summed E-state index contributed by atoms with van der Waals surface area (Å²) >= 11 is 1.86. The second-order valence-corrected chi connectivity index (χ2v) is 7.25. The fourth-order valence-corrected chi connectivity index (χ4v) is 4.55. The molecule has 0 aliphatic heterocycles. The summed E-state index contributed by atoms with van der Waals surface area (Å²) in [5.74, 6) is 0.936. The molecule has 0 spiro atoms. The monoisotopic (exact) mass is 294 g/mol. The average molecular weight is 295 g/mol. The van der Waals surface area contributed by atoms with E-state index >= 15 is 0 Å². The summed E-state index contributed by atoms with van der Waals surface area (Å²) in [6, 6.07) is 0. The van der Waals surface area contributed by atoms with Crippen molar-refractivity contribution < 1.29 is 0 Å². The van der Waals surface area contributed by atoms with Crippen LogP contribution in [0.1, 0.15) is 75.9 Å². The summed E-state index contributed by atoms with van der Waals surface area (Å²) in [5.41, 5.74) is 1.34. The van der Waals surface area contributed by atoms with Crippen molar-refractivity contribution in [2.45, 2.75) is 77.7 Å². The van der Waals surface area contributed by atoms with E-state index in [2.05, 4.69) is 31.5 Å². The third-order valence-electron chi connectivity index (χ3n) is 4.63. The van der Waals surface area contributed by atoms with Crippen LogP contribution in [0.5, 0.6) is 0 Å². The van der Waals surface area contributed by atoms with E-state index in [0.717, 1.165) is 12.5 Å². The van der Waals surface area contributed by atoms with Crippen LogP contribution in [0.2, 0.25) is 0 Å². The lowest BCUT2D eigenvalue weighted by Gasteiger charge is -2.32. The highest BCUT2D eigenvalue weighted by Gasteiger charge is 2.36. The van der Waals surface area contributed by atoms with Gasteiger partial charge >= 0.3 is 0 Å². The van der Waals surface area contributed by atoms with Crippen molar-refractivity contribution in [1.82, 2.24) is 10.3 Å². The van der Waals surface area contributed by atoms with Gasteiger partial charge in [-0.25, -0.2) is 4.98 Å². The molecule has 1 heterocycles. The molecule has 0 saturated heterocycles. The topological polar surface area (TPSA) is 24.9 Å². The Morgan fingerprint density at radius 2 is 2.15 bits per heavy atom. The highest BCUT2D eigenvalue weighted by molar-refractivity contribution is 7.09. The maximum Gasteiger partial charge on any atom is 0.113 e. The number of rotatable bonds is 6. The van der Waals surface area contributed by atoms with Gasteiger partial charge in [0, 0.05) is 11.1 Å². The van der Waals surface area contributed by atoms with Crippen LogP contribution in [0, 0.1) is 12.8 Å². The lowest BCUT2D eigenvalue weighted by molar-refractivity contribution is 0.283. The Bertz CT molecular complexity index is 401. The summed E-state index contributed by atoms with van der Waals surface area (Å²) in [6.07, 6.45) is 10.6. The van der Waals surface area contributed by atoms with Gasteiger partial charge in [0.25, 0.3) is 0 Å². The first-order chi connectivity index (χ1) is 9.70. The summed E-state index contributed by atoms with van der Waals surface area (Å²) < 4.78 is 0. The number of hydrogen-bond acceptors (Lipinski definition) is 3. The highest BCUT2D eigenvalue weighted by atomic mass is 32.1. The lowest BCUT2D eigenvalue weighted by Crippen LogP contribution is -2.42. The second kappa shape index (κ2) is 7.56. The molecule has 2 atom stereocenters. The minimum absolute atomic E-state index is 0.164. The van der Waals surface area contributed by atoms with Crippen LogP contribution in [0.4, 0.5) is 0 Å². The van der Waals surface area contributed by atoms with Crippen LogP contribution in [-0.4, -0.2) is 11.5 Å². The molecule has 1 saturated carbocycles. The number of thiazole rings is 1. The summed E-state index contributed by atoms with van der Waals surface area (Å²) in [7, 11) is 0. The zero-order valence-corrected chi connectivity index (χ0v) is 14.2. The molecule has 1 aromatic heterocycles. The molecule has 0 amide bonds. The number of aryl methyl sites for hydroxylation is 1. The van der Waals surface area contributed by atoms with Crippen LogP contribution in [0.3, 0.4) is 0 Å². The number of nitrogens with one attached hydrogen (secondary N) is 1. The van der Waals surface area contributed by atoms with Gasteiger partial charge in [0.1, 0.15) is 5.01 Å². The summed E-state index contributed by atoms with van der Waals surface area (Å²) in [6.45, 7) is 7.79. The molecular formula is C17H30N2S. The Balaban J connectivity index is 2.14. The molecule has 0 aromatic carbocycles. The Morgan fingerprint density at radius 3 is 2.80 bits per heavy atom. The Hall–Kier alpha value is -0.410.